The predicted octanol–water partition coefficient (Wildman–Crippen LogP) is 2.56. The molecule has 1 saturated carbocycles. The van der Waals surface area contributed by atoms with Gasteiger partial charge in [-0.05, 0) is 41.7 Å². The van der Waals surface area contributed by atoms with Crippen molar-refractivity contribution in [3.63, 3.8) is 0 Å². The average Bonchev–Trinajstić information content (AvgIpc) is 3.12. The van der Waals surface area contributed by atoms with Gasteiger partial charge in [0.25, 0.3) is 5.56 Å². The Morgan fingerprint density at radius 2 is 2.33 bits per heavy atom. The number of nitrogens with zero attached hydrogens (tertiary/aromatic N) is 2. The topological polar surface area (TPSA) is 46.9 Å². The molecule has 5 heteroatoms. The Bertz CT molecular complexity index is 613. The smallest absolute Gasteiger partial charge is 0.293 e. The first-order valence-corrected chi connectivity index (χ1v) is 7.02. The van der Waals surface area contributed by atoms with Crippen molar-refractivity contribution < 1.29 is 0 Å². The normalized spacial score (nSPS) is 14.7. The van der Waals surface area contributed by atoms with Crippen LogP contribution in [0.3, 0.4) is 0 Å². The van der Waals surface area contributed by atoms with E-state index in [1.807, 2.05) is 0 Å². The number of hydrogen-bond acceptors (Lipinski definition) is 4. The van der Waals surface area contributed by atoms with Gasteiger partial charge < -0.3 is 9.88 Å². The van der Waals surface area contributed by atoms with Crippen molar-refractivity contribution in [3.05, 3.63) is 44.6 Å². The number of rotatable bonds is 4. The van der Waals surface area contributed by atoms with E-state index >= 15 is 0 Å². The third-order valence-corrected chi connectivity index (χ3v) is 4.13. The minimum absolute atomic E-state index is 0.00659. The molecule has 0 aromatic carbocycles. The Kier molecular flexibility index (Phi) is 2.91. The van der Waals surface area contributed by atoms with Crippen molar-refractivity contribution in [3.8, 4) is 0 Å². The largest absolute Gasteiger partial charge is 0.361 e. The number of nitrogens with one attached hydrogen (secondary N) is 1. The monoisotopic (exact) mass is 261 g/mol. The van der Waals surface area contributed by atoms with E-state index in [0.29, 0.717) is 18.4 Å². The van der Waals surface area contributed by atoms with Crippen molar-refractivity contribution in [2.45, 2.75) is 32.4 Å². The Hall–Kier alpha value is -1.62. The number of hydrogen-bond donors (Lipinski definition) is 1. The van der Waals surface area contributed by atoms with E-state index < -0.39 is 0 Å². The maximum Gasteiger partial charge on any atom is 0.293 e. The zero-order valence-electron chi connectivity index (χ0n) is 10.2. The number of thiophene rings is 1. The van der Waals surface area contributed by atoms with Crippen LogP contribution in [0.4, 0.5) is 5.82 Å². The minimum Gasteiger partial charge on any atom is -0.361 e. The molecule has 1 fully saturated rings. The van der Waals surface area contributed by atoms with Crippen LogP contribution in [-0.4, -0.2) is 9.55 Å². The molecule has 2 aromatic heterocycles. The van der Waals surface area contributed by atoms with Crippen LogP contribution in [0.5, 0.6) is 0 Å². The highest BCUT2D eigenvalue weighted by molar-refractivity contribution is 7.08. The van der Waals surface area contributed by atoms with Crippen LogP contribution in [0.15, 0.2) is 27.9 Å². The molecule has 2 heterocycles. The molecule has 0 bridgehead atoms. The molecule has 3 rings (SSSR count). The molecular formula is C13H15N3OS. The fourth-order valence-electron chi connectivity index (χ4n) is 1.93. The molecule has 4 nitrogen and oxygen atoms in total. The standard InChI is InChI=1S/C13H15N3OS/c1-9-7-18-8-10(9)6-15-12-13(17)16(5-4-14-12)11-2-3-11/h4-5,7-8,11H,2-3,6H2,1H3,(H,14,15). The van der Waals surface area contributed by atoms with E-state index in [1.54, 1.807) is 28.3 Å². The highest BCUT2D eigenvalue weighted by Crippen LogP contribution is 2.33. The van der Waals surface area contributed by atoms with Crippen molar-refractivity contribution in [2.75, 3.05) is 5.32 Å². The average molecular weight is 261 g/mol. The summed E-state index contributed by atoms with van der Waals surface area (Å²) in [5.74, 6) is 0.454. The van der Waals surface area contributed by atoms with Crippen LogP contribution in [0, 0.1) is 6.92 Å². The second-order valence-electron chi connectivity index (χ2n) is 4.65. The summed E-state index contributed by atoms with van der Waals surface area (Å²) in [6.45, 7) is 2.74. The number of aryl methyl sites for hydroxylation is 1. The van der Waals surface area contributed by atoms with Gasteiger partial charge in [-0.2, -0.15) is 11.3 Å². The molecule has 0 radical (unpaired) electrons. The number of anilines is 1. The van der Waals surface area contributed by atoms with Crippen molar-refractivity contribution in [2.24, 2.45) is 0 Å². The summed E-state index contributed by atoms with van der Waals surface area (Å²) in [7, 11) is 0. The Balaban J connectivity index is 1.79. The first-order valence-electron chi connectivity index (χ1n) is 6.08. The fraction of sp³-hybridized carbons (Fsp3) is 0.385. The van der Waals surface area contributed by atoms with Gasteiger partial charge in [0, 0.05) is 25.0 Å². The molecule has 1 aliphatic rings. The van der Waals surface area contributed by atoms with Gasteiger partial charge >= 0.3 is 0 Å². The Morgan fingerprint density at radius 1 is 1.50 bits per heavy atom. The third kappa shape index (κ3) is 2.18. The van der Waals surface area contributed by atoms with Gasteiger partial charge in [0.2, 0.25) is 0 Å². The Labute approximate surface area is 109 Å². The molecule has 1 aliphatic carbocycles. The fourth-order valence-corrected chi connectivity index (χ4v) is 2.79. The highest BCUT2D eigenvalue weighted by atomic mass is 32.1. The second-order valence-corrected chi connectivity index (χ2v) is 5.40. The van der Waals surface area contributed by atoms with Crippen LogP contribution in [0.2, 0.25) is 0 Å². The summed E-state index contributed by atoms with van der Waals surface area (Å²) in [6.07, 6.45) is 5.68. The van der Waals surface area contributed by atoms with Crippen LogP contribution in [0.1, 0.15) is 30.0 Å². The summed E-state index contributed by atoms with van der Waals surface area (Å²) >= 11 is 1.68. The van der Waals surface area contributed by atoms with Crippen LogP contribution in [-0.2, 0) is 6.54 Å². The summed E-state index contributed by atoms with van der Waals surface area (Å²) in [5, 5.41) is 7.35. The van der Waals surface area contributed by atoms with E-state index in [4.69, 9.17) is 0 Å². The van der Waals surface area contributed by atoms with Crippen LogP contribution in [0.25, 0.3) is 0 Å². The molecule has 0 spiro atoms. The van der Waals surface area contributed by atoms with E-state index in [9.17, 15) is 4.79 Å². The quantitative estimate of drug-likeness (QED) is 0.920. The van der Waals surface area contributed by atoms with Gasteiger partial charge in [0.15, 0.2) is 5.82 Å². The lowest BCUT2D eigenvalue weighted by atomic mass is 10.2. The van der Waals surface area contributed by atoms with Gasteiger partial charge in [-0.3, -0.25) is 4.79 Å². The molecule has 94 valence electrons. The lowest BCUT2D eigenvalue weighted by molar-refractivity contribution is 0.699. The zero-order valence-corrected chi connectivity index (χ0v) is 11.0. The molecule has 0 unspecified atom stereocenters. The van der Waals surface area contributed by atoms with Crippen molar-refractivity contribution >= 4 is 17.2 Å². The van der Waals surface area contributed by atoms with E-state index in [1.165, 1.54) is 11.1 Å². The molecule has 0 amide bonds. The molecule has 0 aliphatic heterocycles. The van der Waals surface area contributed by atoms with Gasteiger partial charge in [0.05, 0.1) is 0 Å². The molecule has 2 aromatic rings. The predicted molar refractivity (Wildman–Crippen MR) is 73.2 cm³/mol. The summed E-state index contributed by atoms with van der Waals surface area (Å²) in [4.78, 5) is 16.3. The molecule has 0 saturated heterocycles. The van der Waals surface area contributed by atoms with Crippen LogP contribution < -0.4 is 10.9 Å². The molecular weight excluding hydrogens is 246 g/mol. The van der Waals surface area contributed by atoms with Crippen LogP contribution >= 0.6 is 11.3 Å². The van der Waals surface area contributed by atoms with Crippen molar-refractivity contribution in [1.82, 2.24) is 9.55 Å². The lowest BCUT2D eigenvalue weighted by Crippen LogP contribution is -2.23. The Morgan fingerprint density at radius 3 is 3.00 bits per heavy atom. The highest BCUT2D eigenvalue weighted by Gasteiger charge is 2.25. The first kappa shape index (κ1) is 11.5. The SMILES string of the molecule is Cc1cscc1CNc1nccn(C2CC2)c1=O. The maximum atomic E-state index is 12.1. The van der Waals surface area contributed by atoms with E-state index in [-0.39, 0.29) is 5.56 Å². The molecule has 0 atom stereocenters. The first-order chi connectivity index (χ1) is 8.75. The summed E-state index contributed by atoms with van der Waals surface area (Å²) < 4.78 is 1.79. The zero-order chi connectivity index (χ0) is 12.5. The molecule has 1 N–H and O–H groups in total. The maximum absolute atomic E-state index is 12.1. The summed E-state index contributed by atoms with van der Waals surface area (Å²) in [6, 6.07) is 0.393. The van der Waals surface area contributed by atoms with Gasteiger partial charge in [-0.15, -0.1) is 0 Å². The molecule has 18 heavy (non-hydrogen) atoms. The summed E-state index contributed by atoms with van der Waals surface area (Å²) in [5.41, 5.74) is 2.47. The van der Waals surface area contributed by atoms with E-state index in [2.05, 4.69) is 28.0 Å². The van der Waals surface area contributed by atoms with Gasteiger partial charge in [0.1, 0.15) is 0 Å². The third-order valence-electron chi connectivity index (χ3n) is 3.22. The number of aromatic nitrogens is 2. The minimum atomic E-state index is -0.00659. The van der Waals surface area contributed by atoms with Crippen molar-refractivity contribution in [1.29, 1.82) is 0 Å². The lowest BCUT2D eigenvalue weighted by Gasteiger charge is -2.07. The van der Waals surface area contributed by atoms with Gasteiger partial charge in [-0.25, -0.2) is 4.98 Å². The second kappa shape index (κ2) is 4.57. The van der Waals surface area contributed by atoms with Gasteiger partial charge in [-0.1, -0.05) is 0 Å². The van der Waals surface area contributed by atoms with E-state index in [0.717, 1.165) is 12.8 Å².